The molecule has 5 nitrogen and oxygen atoms in total. The second kappa shape index (κ2) is 10.5. The molecule has 0 saturated carbocycles. The summed E-state index contributed by atoms with van der Waals surface area (Å²) in [6.07, 6.45) is 0. The van der Waals surface area contributed by atoms with Crippen LogP contribution in [0.1, 0.15) is 0 Å². The monoisotopic (exact) mass is 608 g/mol. The number of hydrogen-bond acceptors (Lipinski definition) is 6. The van der Waals surface area contributed by atoms with E-state index in [-0.39, 0.29) is 9.79 Å². The molecule has 2 aromatic heterocycles. The number of pyridine rings is 1. The Morgan fingerprint density at radius 3 is 1.93 bits per heavy atom. The minimum Gasteiger partial charge on any atom is -0.453 e. The number of nitrogens with zero attached hydrogens (tertiary/aromatic N) is 2. The number of rotatable bonds is 5. The van der Waals surface area contributed by atoms with Crippen LogP contribution in [0.15, 0.2) is 155 Å². The molecule has 3 heterocycles. The number of aromatic nitrogens is 1. The molecule has 44 heavy (non-hydrogen) atoms. The summed E-state index contributed by atoms with van der Waals surface area (Å²) < 4.78 is 32.8. The molecule has 0 aliphatic carbocycles. The normalized spacial score (nSPS) is 12.4. The van der Waals surface area contributed by atoms with Crippen molar-refractivity contribution >= 4 is 49.1 Å². The molecule has 7 heteroatoms. The van der Waals surface area contributed by atoms with Gasteiger partial charge in [0.25, 0.3) is 0 Å². The third kappa shape index (κ3) is 4.37. The topological polar surface area (TPSA) is 59.5 Å². The molecule has 1 aliphatic rings. The maximum atomic E-state index is 13.3. The van der Waals surface area contributed by atoms with Crippen LogP contribution in [-0.4, -0.2) is 13.4 Å². The second-order valence-corrected chi connectivity index (χ2v) is 13.3. The third-order valence-electron chi connectivity index (χ3n) is 7.79. The van der Waals surface area contributed by atoms with Gasteiger partial charge in [0.2, 0.25) is 9.84 Å². The van der Waals surface area contributed by atoms with Crippen molar-refractivity contribution in [2.24, 2.45) is 0 Å². The summed E-state index contributed by atoms with van der Waals surface area (Å²) in [5.41, 5.74) is 6.27. The fourth-order valence-electron chi connectivity index (χ4n) is 5.70. The molecule has 0 spiro atoms. The lowest BCUT2D eigenvalue weighted by atomic mass is 10.0. The van der Waals surface area contributed by atoms with Gasteiger partial charge in [-0.2, -0.15) is 0 Å². The first-order valence-corrected chi connectivity index (χ1v) is 16.5. The Bertz CT molecular complexity index is 2220. The summed E-state index contributed by atoms with van der Waals surface area (Å²) in [5.74, 6) is 1.54. The van der Waals surface area contributed by atoms with Crippen molar-refractivity contribution < 1.29 is 13.2 Å². The van der Waals surface area contributed by atoms with Crippen LogP contribution < -0.4 is 9.64 Å². The van der Waals surface area contributed by atoms with Crippen LogP contribution in [-0.2, 0) is 9.84 Å². The van der Waals surface area contributed by atoms with Crippen LogP contribution in [0, 0.1) is 0 Å². The average Bonchev–Trinajstić information content (AvgIpc) is 3.62. The van der Waals surface area contributed by atoms with Crippen LogP contribution in [0.5, 0.6) is 11.5 Å². The first-order valence-electron chi connectivity index (χ1n) is 14.1. The molecule has 0 bridgehead atoms. The Morgan fingerprint density at radius 2 is 1.25 bits per heavy atom. The molecule has 0 radical (unpaired) electrons. The number of thiophene rings is 1. The fourth-order valence-corrected chi connectivity index (χ4v) is 7.74. The van der Waals surface area contributed by atoms with E-state index < -0.39 is 9.84 Å². The zero-order valence-electron chi connectivity index (χ0n) is 23.3. The number of ether oxygens (including phenoxy) is 1. The van der Waals surface area contributed by atoms with Crippen molar-refractivity contribution in [3.05, 3.63) is 145 Å². The average molecular weight is 609 g/mol. The van der Waals surface area contributed by atoms with E-state index in [0.717, 1.165) is 61.2 Å². The van der Waals surface area contributed by atoms with E-state index in [1.54, 1.807) is 53.8 Å². The molecule has 1 aliphatic heterocycles. The van der Waals surface area contributed by atoms with Crippen LogP contribution in [0.4, 0.5) is 17.1 Å². The molecular weight excluding hydrogens is 585 g/mol. The summed E-state index contributed by atoms with van der Waals surface area (Å²) >= 11 is 1.68. The summed E-state index contributed by atoms with van der Waals surface area (Å²) in [6, 6.07) is 44.1. The highest BCUT2D eigenvalue weighted by Gasteiger charge is 2.27. The molecule has 0 fully saturated rings. The molecule has 0 atom stereocenters. The van der Waals surface area contributed by atoms with Gasteiger partial charge in [0.1, 0.15) is 0 Å². The predicted molar refractivity (Wildman–Crippen MR) is 177 cm³/mol. The number of anilines is 3. The summed E-state index contributed by atoms with van der Waals surface area (Å²) in [4.78, 5) is 9.11. The first kappa shape index (κ1) is 26.4. The van der Waals surface area contributed by atoms with E-state index in [1.807, 2.05) is 54.6 Å². The maximum absolute atomic E-state index is 13.3. The first-order chi connectivity index (χ1) is 21.6. The molecular formula is C37H24N2O3S2. The Hall–Kier alpha value is -5.24. The summed E-state index contributed by atoms with van der Waals surface area (Å²) in [7, 11) is -3.63. The zero-order valence-corrected chi connectivity index (χ0v) is 24.9. The van der Waals surface area contributed by atoms with E-state index in [9.17, 15) is 8.42 Å². The van der Waals surface area contributed by atoms with Gasteiger partial charge >= 0.3 is 0 Å². The van der Waals surface area contributed by atoms with Crippen molar-refractivity contribution in [2.75, 3.05) is 4.90 Å². The van der Waals surface area contributed by atoms with E-state index in [1.165, 1.54) is 0 Å². The van der Waals surface area contributed by atoms with Crippen LogP contribution in [0.3, 0.4) is 0 Å². The molecule has 7 aromatic rings. The maximum Gasteiger partial charge on any atom is 0.206 e. The van der Waals surface area contributed by atoms with E-state index in [0.29, 0.717) is 0 Å². The van der Waals surface area contributed by atoms with E-state index >= 15 is 0 Å². The number of hydrogen-bond donors (Lipinski definition) is 0. The molecule has 0 saturated heterocycles. The number of benzene rings is 5. The van der Waals surface area contributed by atoms with Gasteiger partial charge in [-0.25, -0.2) is 13.4 Å². The van der Waals surface area contributed by atoms with Gasteiger partial charge in [0, 0.05) is 21.4 Å². The van der Waals surface area contributed by atoms with E-state index in [4.69, 9.17) is 9.72 Å². The largest absolute Gasteiger partial charge is 0.453 e. The highest BCUT2D eigenvalue weighted by atomic mass is 32.2. The van der Waals surface area contributed by atoms with Crippen LogP contribution in [0.25, 0.3) is 32.6 Å². The Balaban J connectivity index is 1.33. The lowest BCUT2D eigenvalue weighted by Crippen LogP contribution is -2.16. The van der Waals surface area contributed by atoms with Crippen molar-refractivity contribution in [2.45, 2.75) is 9.79 Å². The number of para-hydroxylation sites is 5. The molecule has 0 amide bonds. The van der Waals surface area contributed by atoms with Crippen molar-refractivity contribution in [1.82, 2.24) is 4.98 Å². The molecule has 0 N–H and O–H groups in total. The van der Waals surface area contributed by atoms with Crippen molar-refractivity contribution in [3.8, 4) is 33.2 Å². The minimum atomic E-state index is -3.63. The van der Waals surface area contributed by atoms with Gasteiger partial charge in [0.05, 0.1) is 38.1 Å². The van der Waals surface area contributed by atoms with Crippen LogP contribution >= 0.6 is 11.3 Å². The van der Waals surface area contributed by atoms with Crippen molar-refractivity contribution in [1.29, 1.82) is 0 Å². The summed E-state index contributed by atoms with van der Waals surface area (Å²) in [5, 5.41) is 3.10. The SMILES string of the molecule is O=S(=O)(c1ccccc1)c1ccc(-c2cc(-c3cccs3)c3cccc(N4c5ccccc5Oc5ccccc54)c3n2)cc1. The van der Waals surface area contributed by atoms with Gasteiger partial charge in [-0.05, 0) is 72.1 Å². The Kier molecular flexibility index (Phi) is 6.29. The smallest absolute Gasteiger partial charge is 0.206 e. The standard InChI is InChI=1S/C37H24N2O3S2/c40-44(41,26-10-2-1-3-11-26)27-21-19-25(20-22-27)30-24-29(36-18-9-23-43-36)28-12-8-15-33(37(28)38-30)39-31-13-4-6-16-34(31)42-35-17-7-5-14-32(35)39/h1-24H. The van der Waals surface area contributed by atoms with Gasteiger partial charge in [-0.15, -0.1) is 11.3 Å². The highest BCUT2D eigenvalue weighted by molar-refractivity contribution is 7.91. The third-order valence-corrected chi connectivity index (χ3v) is 10.5. The Morgan fingerprint density at radius 1 is 0.614 bits per heavy atom. The molecule has 0 unspecified atom stereocenters. The molecule has 5 aromatic carbocycles. The summed E-state index contributed by atoms with van der Waals surface area (Å²) in [6.45, 7) is 0. The molecule has 8 rings (SSSR count). The van der Waals surface area contributed by atoms with Gasteiger partial charge in [-0.3, -0.25) is 0 Å². The highest BCUT2D eigenvalue weighted by Crippen LogP contribution is 2.52. The molecule has 212 valence electrons. The fraction of sp³-hybridized carbons (Fsp3) is 0. The quantitative estimate of drug-likeness (QED) is 0.195. The number of sulfone groups is 1. The Labute approximate surface area is 259 Å². The lowest BCUT2D eigenvalue weighted by molar-refractivity contribution is 0.477. The van der Waals surface area contributed by atoms with Gasteiger partial charge in [0.15, 0.2) is 11.5 Å². The second-order valence-electron chi connectivity index (χ2n) is 10.4. The van der Waals surface area contributed by atoms with Gasteiger partial charge < -0.3 is 9.64 Å². The number of fused-ring (bicyclic) bond motifs is 3. The van der Waals surface area contributed by atoms with Crippen LogP contribution in [0.2, 0.25) is 0 Å². The van der Waals surface area contributed by atoms with Gasteiger partial charge in [-0.1, -0.05) is 72.8 Å². The zero-order chi connectivity index (χ0) is 29.7. The van der Waals surface area contributed by atoms with E-state index in [2.05, 4.69) is 52.7 Å². The predicted octanol–water partition coefficient (Wildman–Crippen LogP) is 10.0. The van der Waals surface area contributed by atoms with Crippen molar-refractivity contribution in [3.63, 3.8) is 0 Å². The lowest BCUT2D eigenvalue weighted by Gasteiger charge is -2.33. The minimum absolute atomic E-state index is 0.244.